The summed E-state index contributed by atoms with van der Waals surface area (Å²) in [4.78, 5) is 11.7. The number of benzene rings is 1. The first-order valence-corrected chi connectivity index (χ1v) is 7.59. The Kier molecular flexibility index (Phi) is 7.85. The van der Waals surface area contributed by atoms with Crippen LogP contribution in [0, 0.1) is 5.92 Å². The van der Waals surface area contributed by atoms with Crippen molar-refractivity contribution in [3.8, 4) is 0 Å². The largest absolute Gasteiger partial charge is 0.416 e. The number of hydrogen-bond donors (Lipinski definition) is 2. The molecule has 23 heavy (non-hydrogen) atoms. The molecule has 1 aliphatic rings. The molecule has 1 heterocycles. The average molecular weight is 351 g/mol. The van der Waals surface area contributed by atoms with Crippen LogP contribution in [-0.4, -0.2) is 25.5 Å². The third-order valence-electron chi connectivity index (χ3n) is 3.98. The standard InChI is InChI=1S/C16H21F3N2O.ClH/c17-16(18,19)14-4-2-1-3-13(14)8-10-21-15(22)6-5-12-7-9-20-11-12;/h1-4,12,20H,5-11H2,(H,21,22);1H. The molecule has 1 unspecified atom stereocenters. The molecule has 1 fully saturated rings. The molecule has 1 aromatic rings. The third kappa shape index (κ3) is 6.39. The topological polar surface area (TPSA) is 41.1 Å². The summed E-state index contributed by atoms with van der Waals surface area (Å²) in [5.74, 6) is 0.452. The normalized spacial score (nSPS) is 17.6. The first-order chi connectivity index (χ1) is 10.5. The molecule has 0 aliphatic carbocycles. The summed E-state index contributed by atoms with van der Waals surface area (Å²) in [6.45, 7) is 2.18. The summed E-state index contributed by atoms with van der Waals surface area (Å²) in [5.41, 5.74) is -0.406. The summed E-state index contributed by atoms with van der Waals surface area (Å²) in [5, 5.41) is 5.95. The Balaban J connectivity index is 0.00000264. The number of amides is 1. The molecule has 1 aromatic carbocycles. The lowest BCUT2D eigenvalue weighted by Crippen LogP contribution is -2.26. The number of nitrogens with one attached hydrogen (secondary N) is 2. The lowest BCUT2D eigenvalue weighted by molar-refractivity contribution is -0.138. The van der Waals surface area contributed by atoms with Crippen molar-refractivity contribution in [2.24, 2.45) is 5.92 Å². The van der Waals surface area contributed by atoms with Crippen molar-refractivity contribution in [3.05, 3.63) is 35.4 Å². The molecule has 2 N–H and O–H groups in total. The third-order valence-corrected chi connectivity index (χ3v) is 3.98. The van der Waals surface area contributed by atoms with E-state index in [2.05, 4.69) is 10.6 Å². The van der Waals surface area contributed by atoms with Crippen LogP contribution in [0.15, 0.2) is 24.3 Å². The van der Waals surface area contributed by atoms with Crippen molar-refractivity contribution >= 4 is 18.3 Å². The van der Waals surface area contributed by atoms with Crippen LogP contribution >= 0.6 is 12.4 Å². The van der Waals surface area contributed by atoms with Gasteiger partial charge in [0.2, 0.25) is 5.91 Å². The van der Waals surface area contributed by atoms with Gasteiger partial charge in [0.15, 0.2) is 0 Å². The van der Waals surface area contributed by atoms with Gasteiger partial charge in [-0.15, -0.1) is 12.4 Å². The maximum absolute atomic E-state index is 12.8. The first-order valence-electron chi connectivity index (χ1n) is 7.59. The molecular formula is C16H22ClF3N2O. The molecule has 7 heteroatoms. The quantitative estimate of drug-likeness (QED) is 0.827. The molecule has 130 valence electrons. The summed E-state index contributed by atoms with van der Waals surface area (Å²) < 4.78 is 38.5. The average Bonchev–Trinajstić information content (AvgIpc) is 2.98. The van der Waals surface area contributed by atoms with Gasteiger partial charge in [-0.1, -0.05) is 18.2 Å². The van der Waals surface area contributed by atoms with Crippen molar-refractivity contribution in [3.63, 3.8) is 0 Å². The molecule has 0 bridgehead atoms. The smallest absolute Gasteiger partial charge is 0.356 e. The van der Waals surface area contributed by atoms with Crippen molar-refractivity contribution < 1.29 is 18.0 Å². The highest BCUT2D eigenvalue weighted by molar-refractivity contribution is 5.85. The van der Waals surface area contributed by atoms with Gasteiger partial charge in [0.1, 0.15) is 0 Å². The van der Waals surface area contributed by atoms with Gasteiger partial charge in [-0.2, -0.15) is 13.2 Å². The zero-order valence-corrected chi connectivity index (χ0v) is 13.6. The van der Waals surface area contributed by atoms with Crippen LogP contribution in [0.25, 0.3) is 0 Å². The minimum atomic E-state index is -4.35. The first kappa shape index (κ1) is 19.8. The van der Waals surface area contributed by atoms with E-state index in [1.807, 2.05) is 0 Å². The van der Waals surface area contributed by atoms with Crippen LogP contribution in [0.2, 0.25) is 0 Å². The molecule has 1 aliphatic heterocycles. The molecule has 0 spiro atoms. The molecular weight excluding hydrogens is 329 g/mol. The highest BCUT2D eigenvalue weighted by Crippen LogP contribution is 2.31. The lowest BCUT2D eigenvalue weighted by Gasteiger charge is -2.13. The predicted octanol–water partition coefficient (Wildman–Crippen LogP) is 3.18. The van der Waals surface area contributed by atoms with E-state index < -0.39 is 11.7 Å². The number of hydrogen-bond acceptors (Lipinski definition) is 2. The predicted molar refractivity (Wildman–Crippen MR) is 85.6 cm³/mol. The highest BCUT2D eigenvalue weighted by Gasteiger charge is 2.32. The maximum Gasteiger partial charge on any atom is 0.416 e. The second-order valence-electron chi connectivity index (χ2n) is 5.65. The Morgan fingerprint density at radius 3 is 2.70 bits per heavy atom. The van der Waals surface area contributed by atoms with E-state index >= 15 is 0 Å². The second-order valence-corrected chi connectivity index (χ2v) is 5.65. The van der Waals surface area contributed by atoms with Gasteiger partial charge in [0.25, 0.3) is 0 Å². The van der Waals surface area contributed by atoms with Gasteiger partial charge in [-0.25, -0.2) is 0 Å². The summed E-state index contributed by atoms with van der Waals surface area (Å²) >= 11 is 0. The van der Waals surface area contributed by atoms with Gasteiger partial charge >= 0.3 is 6.18 Å². The Morgan fingerprint density at radius 1 is 1.30 bits per heavy atom. The van der Waals surface area contributed by atoms with Crippen molar-refractivity contribution in [1.82, 2.24) is 10.6 Å². The number of carbonyl (C=O) groups excluding carboxylic acids is 1. The van der Waals surface area contributed by atoms with E-state index in [0.29, 0.717) is 12.3 Å². The van der Waals surface area contributed by atoms with E-state index in [-0.39, 0.29) is 36.8 Å². The Bertz CT molecular complexity index is 502. The monoisotopic (exact) mass is 350 g/mol. The molecule has 1 amide bonds. The van der Waals surface area contributed by atoms with Crippen LogP contribution < -0.4 is 10.6 Å². The van der Waals surface area contributed by atoms with Gasteiger partial charge < -0.3 is 10.6 Å². The van der Waals surface area contributed by atoms with Gasteiger partial charge in [0, 0.05) is 13.0 Å². The fourth-order valence-electron chi connectivity index (χ4n) is 2.74. The number of alkyl halides is 3. The maximum atomic E-state index is 12.8. The molecule has 2 rings (SSSR count). The van der Waals surface area contributed by atoms with E-state index in [9.17, 15) is 18.0 Å². The minimum Gasteiger partial charge on any atom is -0.356 e. The van der Waals surface area contributed by atoms with Crippen LogP contribution in [0.4, 0.5) is 13.2 Å². The molecule has 0 aromatic heterocycles. The van der Waals surface area contributed by atoms with Crippen molar-refractivity contribution in [2.45, 2.75) is 31.9 Å². The Labute approximate surface area is 140 Å². The molecule has 0 saturated carbocycles. The van der Waals surface area contributed by atoms with E-state index in [4.69, 9.17) is 0 Å². The summed E-state index contributed by atoms with van der Waals surface area (Å²) in [6.07, 6.45) is -1.81. The molecule has 1 saturated heterocycles. The number of carbonyl (C=O) groups is 1. The second kappa shape index (κ2) is 9.13. The number of rotatable bonds is 6. The highest BCUT2D eigenvalue weighted by atomic mass is 35.5. The van der Waals surface area contributed by atoms with Gasteiger partial charge in [-0.05, 0) is 49.9 Å². The minimum absolute atomic E-state index is 0. The fourth-order valence-corrected chi connectivity index (χ4v) is 2.74. The van der Waals surface area contributed by atoms with Gasteiger partial charge in [-0.3, -0.25) is 4.79 Å². The number of halogens is 4. The fraction of sp³-hybridized carbons (Fsp3) is 0.562. The van der Waals surface area contributed by atoms with E-state index in [1.54, 1.807) is 6.07 Å². The molecule has 3 nitrogen and oxygen atoms in total. The van der Waals surface area contributed by atoms with Gasteiger partial charge in [0.05, 0.1) is 5.56 Å². The Morgan fingerprint density at radius 2 is 2.04 bits per heavy atom. The lowest BCUT2D eigenvalue weighted by atomic mass is 10.0. The summed E-state index contributed by atoms with van der Waals surface area (Å²) in [6, 6.07) is 5.49. The van der Waals surface area contributed by atoms with Crippen LogP contribution in [-0.2, 0) is 17.4 Å². The van der Waals surface area contributed by atoms with Crippen LogP contribution in [0.1, 0.15) is 30.4 Å². The SMILES string of the molecule is Cl.O=C(CCC1CCNC1)NCCc1ccccc1C(F)(F)F. The van der Waals surface area contributed by atoms with Crippen molar-refractivity contribution in [1.29, 1.82) is 0 Å². The summed E-state index contributed by atoms with van der Waals surface area (Å²) in [7, 11) is 0. The molecule has 1 atom stereocenters. The van der Waals surface area contributed by atoms with E-state index in [1.165, 1.54) is 12.1 Å². The van der Waals surface area contributed by atoms with E-state index in [0.717, 1.165) is 32.0 Å². The van der Waals surface area contributed by atoms with Crippen LogP contribution in [0.5, 0.6) is 0 Å². The zero-order chi connectivity index (χ0) is 16.0. The molecule has 0 radical (unpaired) electrons. The van der Waals surface area contributed by atoms with Crippen molar-refractivity contribution in [2.75, 3.05) is 19.6 Å². The van der Waals surface area contributed by atoms with Crippen LogP contribution in [0.3, 0.4) is 0 Å². The zero-order valence-electron chi connectivity index (χ0n) is 12.8. The Hall–Kier alpha value is -1.27.